The second-order valence-electron chi connectivity index (χ2n) is 7.97. The van der Waals surface area contributed by atoms with Crippen LogP contribution in [0, 0.1) is 5.82 Å². The van der Waals surface area contributed by atoms with Gasteiger partial charge in [-0.15, -0.1) is 0 Å². The van der Waals surface area contributed by atoms with Crippen LogP contribution in [0.25, 0.3) is 11.1 Å². The van der Waals surface area contributed by atoms with E-state index >= 15 is 0 Å². The monoisotopic (exact) mass is 429 g/mol. The van der Waals surface area contributed by atoms with Crippen LogP contribution in [-0.4, -0.2) is 23.4 Å². The van der Waals surface area contributed by atoms with Gasteiger partial charge in [-0.25, -0.2) is 4.39 Å². The number of fused-ring (bicyclic) bond motifs is 2. The van der Waals surface area contributed by atoms with Gasteiger partial charge in [0.25, 0.3) is 5.91 Å². The first-order valence-corrected chi connectivity index (χ1v) is 10.1. The van der Waals surface area contributed by atoms with E-state index in [9.17, 15) is 14.4 Å². The molecule has 0 saturated carbocycles. The molecular weight excluding hydrogens is 409 g/mol. The van der Waals surface area contributed by atoms with Gasteiger partial charge in [0, 0.05) is 28.8 Å². The molecule has 0 aliphatic carbocycles. The number of nitrogen functional groups attached to an aromatic ring is 1. The van der Waals surface area contributed by atoms with E-state index in [2.05, 4.69) is 11.7 Å². The Bertz CT molecular complexity index is 1320. The van der Waals surface area contributed by atoms with Crippen molar-refractivity contribution in [1.29, 1.82) is 0 Å². The summed E-state index contributed by atoms with van der Waals surface area (Å²) in [4.78, 5) is 14.5. The van der Waals surface area contributed by atoms with E-state index in [1.54, 1.807) is 18.2 Å². The average molecular weight is 429 g/mol. The molecule has 32 heavy (non-hydrogen) atoms. The summed E-state index contributed by atoms with van der Waals surface area (Å²) in [5, 5.41) is 12.8. The maximum Gasteiger partial charge on any atom is 0.281 e. The van der Waals surface area contributed by atoms with Gasteiger partial charge in [-0.3, -0.25) is 4.79 Å². The van der Waals surface area contributed by atoms with Crippen molar-refractivity contribution in [2.75, 3.05) is 17.2 Å². The summed E-state index contributed by atoms with van der Waals surface area (Å²) in [6.07, 6.45) is 0.525. The lowest BCUT2D eigenvalue weighted by Gasteiger charge is -2.25. The first kappa shape index (κ1) is 19.8. The molecule has 6 nitrogen and oxygen atoms in total. The third kappa shape index (κ3) is 3.28. The minimum Gasteiger partial charge on any atom is -0.489 e. The minimum atomic E-state index is -0.467. The van der Waals surface area contributed by atoms with E-state index < -0.39 is 11.7 Å². The fourth-order valence-corrected chi connectivity index (χ4v) is 4.28. The number of oxime groups is 1. The molecule has 7 heteroatoms. The maximum atomic E-state index is 14.3. The Labute approximate surface area is 184 Å². The zero-order chi connectivity index (χ0) is 22.4. The highest BCUT2D eigenvalue weighted by atomic mass is 19.1. The summed E-state index contributed by atoms with van der Waals surface area (Å²) in [5.74, 6) is -0.304. The van der Waals surface area contributed by atoms with E-state index in [-0.39, 0.29) is 12.3 Å². The van der Waals surface area contributed by atoms with Gasteiger partial charge in [-0.1, -0.05) is 29.9 Å². The van der Waals surface area contributed by atoms with Gasteiger partial charge < -0.3 is 20.6 Å². The number of anilines is 2. The van der Waals surface area contributed by atoms with Gasteiger partial charge in [0.1, 0.15) is 18.2 Å². The predicted octanol–water partition coefficient (Wildman–Crippen LogP) is 4.29. The molecule has 0 unspecified atom stereocenters. The Hall–Kier alpha value is -4.13. The van der Waals surface area contributed by atoms with Crippen LogP contribution in [-0.2, 0) is 17.8 Å². The van der Waals surface area contributed by atoms with Crippen molar-refractivity contribution < 1.29 is 19.1 Å². The van der Waals surface area contributed by atoms with E-state index in [1.165, 1.54) is 17.0 Å². The largest absolute Gasteiger partial charge is 0.489 e. The molecule has 0 saturated heterocycles. The van der Waals surface area contributed by atoms with Crippen molar-refractivity contribution in [1.82, 2.24) is 0 Å². The Morgan fingerprint density at radius 3 is 2.75 bits per heavy atom. The molecule has 2 heterocycles. The maximum absolute atomic E-state index is 14.3. The molecule has 0 spiro atoms. The quantitative estimate of drug-likeness (QED) is 0.281. The molecule has 3 aromatic rings. The summed E-state index contributed by atoms with van der Waals surface area (Å²) in [6.45, 7) is 4.34. The number of hydrogen-bond donors (Lipinski definition) is 2. The topological polar surface area (TPSA) is 88.1 Å². The van der Waals surface area contributed by atoms with Crippen LogP contribution in [0.4, 0.5) is 15.8 Å². The number of ether oxygens (including phenoxy) is 1. The number of rotatable bonds is 3. The van der Waals surface area contributed by atoms with Gasteiger partial charge in [0.05, 0.1) is 12.2 Å². The number of halogens is 1. The number of benzene rings is 3. The second-order valence-corrected chi connectivity index (χ2v) is 7.97. The van der Waals surface area contributed by atoms with Crippen LogP contribution < -0.4 is 15.4 Å². The first-order chi connectivity index (χ1) is 15.4. The van der Waals surface area contributed by atoms with E-state index in [0.717, 1.165) is 16.7 Å². The molecule has 2 aliphatic rings. The zero-order valence-corrected chi connectivity index (χ0v) is 17.1. The van der Waals surface area contributed by atoms with E-state index in [4.69, 9.17) is 10.5 Å². The lowest BCUT2D eigenvalue weighted by Crippen LogP contribution is -2.30. The van der Waals surface area contributed by atoms with Crippen LogP contribution >= 0.6 is 0 Å². The summed E-state index contributed by atoms with van der Waals surface area (Å²) >= 11 is 0. The minimum absolute atomic E-state index is 0.0645. The Kier molecular flexibility index (Phi) is 4.66. The molecule has 1 amide bonds. The van der Waals surface area contributed by atoms with Crippen molar-refractivity contribution >= 4 is 23.0 Å². The van der Waals surface area contributed by atoms with Gasteiger partial charge in [0.2, 0.25) is 0 Å². The highest BCUT2D eigenvalue weighted by Gasteiger charge is 2.36. The van der Waals surface area contributed by atoms with Crippen molar-refractivity contribution in [3.8, 4) is 16.9 Å². The fourth-order valence-electron chi connectivity index (χ4n) is 4.28. The summed E-state index contributed by atoms with van der Waals surface area (Å²) in [7, 11) is 0. The van der Waals surface area contributed by atoms with Crippen LogP contribution in [0.2, 0.25) is 0 Å². The van der Waals surface area contributed by atoms with E-state index in [0.29, 0.717) is 46.8 Å². The van der Waals surface area contributed by atoms with Crippen molar-refractivity contribution in [2.45, 2.75) is 13.0 Å². The SMILES string of the molecule is C=C1COc2c(cc(F)cc2CN2C(=O)/C(=N\O)c3cc(-c4cccc(N)c4)ccc32)C1. The number of nitrogens with two attached hydrogens (primary N) is 1. The molecule has 0 fully saturated rings. The second kappa shape index (κ2) is 7.53. The number of carbonyl (C=O) groups excluding carboxylic acids is 1. The molecule has 0 radical (unpaired) electrons. The average Bonchev–Trinajstić information content (AvgIpc) is 3.03. The fraction of sp³-hybridized carbons (Fsp3) is 0.120. The number of amides is 1. The van der Waals surface area contributed by atoms with Gasteiger partial charge in [0.15, 0.2) is 5.71 Å². The number of nitrogens with zero attached hydrogens (tertiary/aromatic N) is 2. The normalized spacial score (nSPS) is 16.2. The van der Waals surface area contributed by atoms with Crippen molar-refractivity contribution in [3.63, 3.8) is 0 Å². The molecule has 0 aromatic heterocycles. The number of hydrogen-bond acceptors (Lipinski definition) is 5. The first-order valence-electron chi connectivity index (χ1n) is 10.1. The lowest BCUT2D eigenvalue weighted by molar-refractivity contribution is -0.112. The van der Waals surface area contributed by atoms with Crippen LogP contribution in [0.5, 0.6) is 5.75 Å². The van der Waals surface area contributed by atoms with Crippen molar-refractivity contribution in [2.24, 2.45) is 5.16 Å². The third-order valence-corrected chi connectivity index (χ3v) is 5.71. The summed E-state index contributed by atoms with van der Waals surface area (Å²) < 4.78 is 20.1. The summed E-state index contributed by atoms with van der Waals surface area (Å²) in [5.41, 5.74) is 11.3. The Morgan fingerprint density at radius 2 is 1.97 bits per heavy atom. The highest BCUT2D eigenvalue weighted by Crippen LogP contribution is 2.38. The van der Waals surface area contributed by atoms with E-state index in [1.807, 2.05) is 24.3 Å². The molecular formula is C25H20FN3O3. The predicted molar refractivity (Wildman–Crippen MR) is 121 cm³/mol. The molecule has 3 N–H and O–H groups in total. The third-order valence-electron chi connectivity index (χ3n) is 5.71. The Balaban J connectivity index is 1.56. The van der Waals surface area contributed by atoms with Crippen LogP contribution in [0.3, 0.4) is 0 Å². The van der Waals surface area contributed by atoms with Crippen molar-refractivity contribution in [3.05, 3.63) is 89.3 Å². The molecule has 0 bridgehead atoms. The van der Waals surface area contributed by atoms with Gasteiger partial charge in [-0.2, -0.15) is 0 Å². The smallest absolute Gasteiger partial charge is 0.281 e. The molecule has 0 atom stereocenters. The molecule has 2 aliphatic heterocycles. The number of carbonyl (C=O) groups is 1. The summed E-state index contributed by atoms with van der Waals surface area (Å²) in [6, 6.07) is 15.6. The highest BCUT2D eigenvalue weighted by molar-refractivity contribution is 6.54. The van der Waals surface area contributed by atoms with Gasteiger partial charge in [-0.05, 0) is 53.1 Å². The molecule has 5 rings (SSSR count). The zero-order valence-electron chi connectivity index (χ0n) is 17.1. The lowest BCUT2D eigenvalue weighted by atomic mass is 9.99. The molecule has 160 valence electrons. The Morgan fingerprint density at radius 1 is 1.16 bits per heavy atom. The van der Waals surface area contributed by atoms with Crippen LogP contribution in [0.1, 0.15) is 16.7 Å². The van der Waals surface area contributed by atoms with Crippen LogP contribution in [0.15, 0.2) is 71.9 Å². The molecule has 3 aromatic carbocycles. The van der Waals surface area contributed by atoms with Gasteiger partial charge >= 0.3 is 0 Å². The standard InChI is InChI=1S/C25H20FN3O3/c1-14-7-17-8-19(26)9-18(24(17)32-13-14)12-29-22-6-5-16(15-3-2-4-20(27)10-15)11-21(22)23(28-31)25(29)30/h2-6,8-11,31H,1,7,12-13,27H2/b28-23-.